The van der Waals surface area contributed by atoms with Crippen molar-refractivity contribution in [1.29, 1.82) is 0 Å². The summed E-state index contributed by atoms with van der Waals surface area (Å²) in [6.07, 6.45) is 2.76. The second-order valence-electron chi connectivity index (χ2n) is 6.76. The van der Waals surface area contributed by atoms with E-state index in [0.29, 0.717) is 46.5 Å². The standard InChI is InChI=1S/C22H16N4O4/c1-13-3-15-7-16(4-13)28-20-10-22(26-12-24-20)30-18-6-14(2)5-17(8-18)29-21-9-19(27-15)23-11-25-21/h3-12H,1-2H3. The molecule has 3 heterocycles. The van der Waals surface area contributed by atoms with Crippen molar-refractivity contribution in [3.8, 4) is 46.5 Å². The summed E-state index contributed by atoms with van der Waals surface area (Å²) < 4.78 is 23.6. The maximum absolute atomic E-state index is 5.91. The van der Waals surface area contributed by atoms with E-state index in [4.69, 9.17) is 18.9 Å². The van der Waals surface area contributed by atoms with Crippen LogP contribution in [0.1, 0.15) is 11.1 Å². The highest BCUT2D eigenvalue weighted by Crippen LogP contribution is 2.33. The maximum atomic E-state index is 5.91. The highest BCUT2D eigenvalue weighted by molar-refractivity contribution is 5.44. The molecule has 0 atom stereocenters. The fraction of sp³-hybridized carbons (Fsp3) is 0.0909. The number of benzene rings is 2. The maximum Gasteiger partial charge on any atom is 0.226 e. The number of ether oxygens (including phenoxy) is 4. The van der Waals surface area contributed by atoms with Crippen LogP contribution in [0.5, 0.6) is 46.5 Å². The largest absolute Gasteiger partial charge is 0.439 e. The Labute approximate surface area is 172 Å². The first-order chi connectivity index (χ1) is 14.6. The van der Waals surface area contributed by atoms with E-state index in [9.17, 15) is 0 Å². The molecule has 148 valence electrons. The highest BCUT2D eigenvalue weighted by Gasteiger charge is 2.11. The zero-order valence-corrected chi connectivity index (χ0v) is 16.2. The van der Waals surface area contributed by atoms with E-state index in [1.807, 2.05) is 38.1 Å². The average molecular weight is 400 g/mol. The molecular weight excluding hydrogens is 384 g/mol. The summed E-state index contributed by atoms with van der Waals surface area (Å²) >= 11 is 0. The Hall–Kier alpha value is -4.20. The Bertz CT molecular complexity index is 1070. The van der Waals surface area contributed by atoms with Crippen LogP contribution in [0.15, 0.2) is 61.2 Å². The minimum absolute atomic E-state index is 0.345. The molecule has 1 aliphatic rings. The van der Waals surface area contributed by atoms with Crippen molar-refractivity contribution < 1.29 is 18.9 Å². The second-order valence-corrected chi connectivity index (χ2v) is 6.76. The van der Waals surface area contributed by atoms with Crippen LogP contribution in [0.3, 0.4) is 0 Å². The van der Waals surface area contributed by atoms with Gasteiger partial charge in [0.2, 0.25) is 23.5 Å². The number of aromatic nitrogens is 4. The molecule has 0 radical (unpaired) electrons. The normalized spacial score (nSPS) is 12.1. The van der Waals surface area contributed by atoms with Crippen LogP contribution in [-0.2, 0) is 0 Å². The fourth-order valence-corrected chi connectivity index (χ4v) is 3.02. The number of aryl methyl sites for hydroxylation is 2. The first kappa shape index (κ1) is 17.9. The molecule has 30 heavy (non-hydrogen) atoms. The van der Waals surface area contributed by atoms with E-state index in [1.165, 1.54) is 12.7 Å². The molecule has 2 aromatic heterocycles. The number of nitrogens with zero attached hydrogens (tertiary/aromatic N) is 4. The average Bonchev–Trinajstić information content (AvgIpc) is 2.67. The van der Waals surface area contributed by atoms with Gasteiger partial charge < -0.3 is 18.9 Å². The highest BCUT2D eigenvalue weighted by atomic mass is 16.5. The summed E-state index contributed by atoms with van der Waals surface area (Å²) in [5.74, 6) is 3.62. The molecule has 0 amide bonds. The Morgan fingerprint density at radius 3 is 1.03 bits per heavy atom. The van der Waals surface area contributed by atoms with Gasteiger partial charge in [-0.05, 0) is 49.2 Å². The lowest BCUT2D eigenvalue weighted by Crippen LogP contribution is -1.96. The molecule has 8 nitrogen and oxygen atoms in total. The van der Waals surface area contributed by atoms with Crippen molar-refractivity contribution in [2.75, 3.05) is 0 Å². The summed E-state index contributed by atoms with van der Waals surface area (Å²) in [6.45, 7) is 3.88. The third-order valence-electron chi connectivity index (χ3n) is 4.17. The van der Waals surface area contributed by atoms with E-state index in [2.05, 4.69) is 19.9 Å². The second kappa shape index (κ2) is 7.32. The van der Waals surface area contributed by atoms with Gasteiger partial charge in [0.05, 0.1) is 12.1 Å². The van der Waals surface area contributed by atoms with Gasteiger partial charge in [0.1, 0.15) is 35.7 Å². The molecule has 0 saturated carbocycles. The van der Waals surface area contributed by atoms with Gasteiger partial charge in [-0.3, -0.25) is 0 Å². The van der Waals surface area contributed by atoms with E-state index in [0.717, 1.165) is 11.1 Å². The van der Waals surface area contributed by atoms with Gasteiger partial charge in [-0.25, -0.2) is 19.9 Å². The molecule has 0 fully saturated rings. The Balaban J connectivity index is 1.63. The Morgan fingerprint density at radius 1 is 0.433 bits per heavy atom. The van der Waals surface area contributed by atoms with E-state index in [-0.39, 0.29) is 0 Å². The molecule has 8 heteroatoms. The fourth-order valence-electron chi connectivity index (χ4n) is 3.02. The van der Waals surface area contributed by atoms with Crippen molar-refractivity contribution in [2.24, 2.45) is 0 Å². The van der Waals surface area contributed by atoms with Crippen molar-refractivity contribution in [2.45, 2.75) is 13.8 Å². The SMILES string of the molecule is Cc1cc2cc(c1)Oc1cc(ncn1)Oc1cc(C)cc(c1)Oc1cc(ncn1)O2. The van der Waals surface area contributed by atoms with Crippen LogP contribution in [0, 0.1) is 13.8 Å². The molecule has 0 saturated heterocycles. The molecule has 0 N–H and O–H groups in total. The monoisotopic (exact) mass is 400 g/mol. The third-order valence-corrected chi connectivity index (χ3v) is 4.17. The number of hydrogen-bond donors (Lipinski definition) is 0. The minimum atomic E-state index is 0.345. The summed E-state index contributed by atoms with van der Waals surface area (Å²) in [6, 6.07) is 14.2. The zero-order chi connectivity index (χ0) is 20.5. The van der Waals surface area contributed by atoms with Crippen LogP contribution in [0.25, 0.3) is 0 Å². The molecule has 8 bridgehead atoms. The molecule has 0 unspecified atom stereocenters. The molecule has 0 spiro atoms. The lowest BCUT2D eigenvalue weighted by atomic mass is 10.2. The molecule has 2 aromatic carbocycles. The third kappa shape index (κ3) is 3.97. The topological polar surface area (TPSA) is 88.5 Å². The van der Waals surface area contributed by atoms with Crippen molar-refractivity contribution in [3.05, 3.63) is 72.3 Å². The Kier molecular flexibility index (Phi) is 4.36. The van der Waals surface area contributed by atoms with Gasteiger partial charge in [-0.1, -0.05) is 0 Å². The van der Waals surface area contributed by atoms with Gasteiger partial charge in [0.15, 0.2) is 0 Å². The molecule has 5 rings (SSSR count). The summed E-state index contributed by atoms with van der Waals surface area (Å²) in [5.41, 5.74) is 1.90. The molecule has 1 aliphatic heterocycles. The van der Waals surface area contributed by atoms with Crippen LogP contribution in [-0.4, -0.2) is 19.9 Å². The molecular formula is C22H16N4O4. The van der Waals surface area contributed by atoms with Crippen LogP contribution >= 0.6 is 0 Å². The van der Waals surface area contributed by atoms with Crippen molar-refractivity contribution in [3.63, 3.8) is 0 Å². The van der Waals surface area contributed by atoms with Gasteiger partial charge in [0.25, 0.3) is 0 Å². The lowest BCUT2D eigenvalue weighted by Gasteiger charge is -2.13. The number of hydrogen-bond acceptors (Lipinski definition) is 8. The Morgan fingerprint density at radius 2 is 0.733 bits per heavy atom. The first-order valence-electron chi connectivity index (χ1n) is 9.18. The smallest absolute Gasteiger partial charge is 0.226 e. The zero-order valence-electron chi connectivity index (χ0n) is 16.2. The first-order valence-corrected chi connectivity index (χ1v) is 9.18. The van der Waals surface area contributed by atoms with Crippen molar-refractivity contribution >= 4 is 0 Å². The van der Waals surface area contributed by atoms with E-state index in [1.54, 1.807) is 24.3 Å². The molecule has 0 aliphatic carbocycles. The van der Waals surface area contributed by atoms with Gasteiger partial charge >= 0.3 is 0 Å². The quantitative estimate of drug-likeness (QED) is 0.343. The van der Waals surface area contributed by atoms with Crippen molar-refractivity contribution in [1.82, 2.24) is 19.9 Å². The van der Waals surface area contributed by atoms with Gasteiger partial charge in [-0.15, -0.1) is 0 Å². The van der Waals surface area contributed by atoms with Crippen LogP contribution in [0.4, 0.5) is 0 Å². The van der Waals surface area contributed by atoms with Crippen LogP contribution in [0.2, 0.25) is 0 Å². The van der Waals surface area contributed by atoms with E-state index < -0.39 is 0 Å². The lowest BCUT2D eigenvalue weighted by molar-refractivity contribution is 0.414. The summed E-state index contributed by atoms with van der Waals surface area (Å²) in [5, 5.41) is 0. The molecule has 4 aromatic rings. The van der Waals surface area contributed by atoms with E-state index >= 15 is 0 Å². The summed E-state index contributed by atoms with van der Waals surface area (Å²) in [7, 11) is 0. The van der Waals surface area contributed by atoms with Crippen LogP contribution < -0.4 is 18.9 Å². The minimum Gasteiger partial charge on any atom is -0.439 e. The summed E-state index contributed by atoms with van der Waals surface area (Å²) in [4.78, 5) is 16.7. The predicted octanol–water partition coefficient (Wildman–Crippen LogP) is 5.37. The predicted molar refractivity (Wildman–Crippen MR) is 107 cm³/mol. The van der Waals surface area contributed by atoms with Gasteiger partial charge in [0, 0.05) is 12.1 Å². The van der Waals surface area contributed by atoms with Gasteiger partial charge in [-0.2, -0.15) is 0 Å². The number of rotatable bonds is 0. The number of fused-ring (bicyclic) bond motifs is 8.